The van der Waals surface area contributed by atoms with Gasteiger partial charge in [-0.15, -0.1) is 10.2 Å². The van der Waals surface area contributed by atoms with Crippen LogP contribution in [0.25, 0.3) is 10.9 Å². The Balaban J connectivity index is 1.37. The van der Waals surface area contributed by atoms with Gasteiger partial charge in [0.15, 0.2) is 4.34 Å². The Bertz CT molecular complexity index is 1250. The molecule has 2 heterocycles. The number of nitrogens with one attached hydrogen (secondary N) is 1. The van der Waals surface area contributed by atoms with Gasteiger partial charge in [-0.05, 0) is 31.5 Å². The molecule has 9 heteroatoms. The van der Waals surface area contributed by atoms with Crippen LogP contribution in [-0.4, -0.2) is 39.2 Å². The summed E-state index contributed by atoms with van der Waals surface area (Å²) in [6.45, 7) is 5.18. The highest BCUT2D eigenvalue weighted by Gasteiger charge is 2.08. The van der Waals surface area contributed by atoms with E-state index in [4.69, 9.17) is 4.74 Å². The van der Waals surface area contributed by atoms with Gasteiger partial charge < -0.3 is 9.30 Å². The fourth-order valence-electron chi connectivity index (χ4n) is 3.21. The maximum absolute atomic E-state index is 12.1. The zero-order valence-electron chi connectivity index (χ0n) is 17.8. The number of hydrogen-bond acceptors (Lipinski definition) is 7. The van der Waals surface area contributed by atoms with E-state index < -0.39 is 0 Å². The third kappa shape index (κ3) is 5.54. The Labute approximate surface area is 194 Å². The van der Waals surface area contributed by atoms with Gasteiger partial charge >= 0.3 is 0 Å². The SMILES string of the molecule is Cc1nnc(SCC(=O)N/N=C\c2cn(CCOc3ccccc3C)c3ccccc23)s1. The summed E-state index contributed by atoms with van der Waals surface area (Å²) in [5, 5.41) is 14.0. The molecule has 1 amide bonds. The number of carbonyl (C=O) groups is 1. The van der Waals surface area contributed by atoms with Crippen LogP contribution in [0.3, 0.4) is 0 Å². The minimum Gasteiger partial charge on any atom is -0.491 e. The molecular formula is C23H23N5O2S2. The molecule has 0 atom stereocenters. The normalized spacial score (nSPS) is 11.3. The number of nitrogens with zero attached hydrogens (tertiary/aromatic N) is 4. The lowest BCUT2D eigenvalue weighted by Gasteiger charge is -2.10. The second-order valence-electron chi connectivity index (χ2n) is 7.08. The first-order valence-corrected chi connectivity index (χ1v) is 11.9. The summed E-state index contributed by atoms with van der Waals surface area (Å²) in [5.41, 5.74) is 5.73. The summed E-state index contributed by atoms with van der Waals surface area (Å²) in [5.74, 6) is 0.953. The van der Waals surface area contributed by atoms with E-state index in [1.54, 1.807) is 6.21 Å². The molecule has 0 spiro atoms. The molecule has 0 unspecified atom stereocenters. The van der Waals surface area contributed by atoms with E-state index in [2.05, 4.69) is 31.4 Å². The lowest BCUT2D eigenvalue weighted by Crippen LogP contribution is -2.19. The van der Waals surface area contributed by atoms with Gasteiger partial charge in [-0.1, -0.05) is 59.5 Å². The molecule has 2 aromatic heterocycles. The van der Waals surface area contributed by atoms with E-state index in [0.717, 1.165) is 37.1 Å². The molecule has 2 aromatic carbocycles. The lowest BCUT2D eigenvalue weighted by molar-refractivity contribution is -0.118. The molecule has 0 saturated heterocycles. The summed E-state index contributed by atoms with van der Waals surface area (Å²) in [6.07, 6.45) is 3.71. The van der Waals surface area contributed by atoms with Crippen LogP contribution in [-0.2, 0) is 11.3 Å². The van der Waals surface area contributed by atoms with Crippen molar-refractivity contribution in [2.24, 2.45) is 5.10 Å². The van der Waals surface area contributed by atoms with Crippen LogP contribution < -0.4 is 10.2 Å². The van der Waals surface area contributed by atoms with Gasteiger partial charge in [-0.3, -0.25) is 4.79 Å². The van der Waals surface area contributed by atoms with Crippen molar-refractivity contribution >= 4 is 46.1 Å². The largest absolute Gasteiger partial charge is 0.491 e. The predicted octanol–water partition coefficient (Wildman–Crippen LogP) is 4.43. The van der Waals surface area contributed by atoms with Gasteiger partial charge in [0.1, 0.15) is 17.4 Å². The maximum Gasteiger partial charge on any atom is 0.250 e. The summed E-state index contributed by atoms with van der Waals surface area (Å²) in [7, 11) is 0. The molecular weight excluding hydrogens is 442 g/mol. The molecule has 4 aromatic rings. The Kier molecular flexibility index (Phi) is 7.18. The molecule has 0 radical (unpaired) electrons. The average molecular weight is 466 g/mol. The minimum atomic E-state index is -0.186. The van der Waals surface area contributed by atoms with E-state index in [-0.39, 0.29) is 11.7 Å². The highest BCUT2D eigenvalue weighted by molar-refractivity contribution is 8.01. The second kappa shape index (κ2) is 10.4. The molecule has 0 fully saturated rings. The zero-order valence-corrected chi connectivity index (χ0v) is 19.4. The number of amides is 1. The van der Waals surface area contributed by atoms with Gasteiger partial charge in [0.25, 0.3) is 5.91 Å². The van der Waals surface area contributed by atoms with Gasteiger partial charge in [-0.2, -0.15) is 5.10 Å². The third-order valence-electron chi connectivity index (χ3n) is 4.73. The van der Waals surface area contributed by atoms with E-state index in [9.17, 15) is 4.79 Å². The number of carbonyl (C=O) groups excluding carboxylic acids is 1. The van der Waals surface area contributed by atoms with Crippen molar-refractivity contribution in [2.45, 2.75) is 24.7 Å². The number of ether oxygens (including phenoxy) is 1. The summed E-state index contributed by atoms with van der Waals surface area (Å²) >= 11 is 2.82. The van der Waals surface area contributed by atoms with E-state index in [1.807, 2.05) is 62.5 Å². The van der Waals surface area contributed by atoms with Crippen molar-refractivity contribution in [2.75, 3.05) is 12.4 Å². The molecule has 0 bridgehead atoms. The molecule has 0 saturated carbocycles. The average Bonchev–Trinajstić information content (AvgIpc) is 3.37. The van der Waals surface area contributed by atoms with Crippen molar-refractivity contribution < 1.29 is 9.53 Å². The maximum atomic E-state index is 12.1. The number of fused-ring (bicyclic) bond motifs is 1. The predicted molar refractivity (Wildman–Crippen MR) is 130 cm³/mol. The standard InChI is InChI=1S/C23H23N5O2S2/c1-16-7-3-6-10-21(16)30-12-11-28-14-18(19-8-4-5-9-20(19)28)13-24-26-22(29)15-31-23-27-25-17(2)32-23/h3-10,13-14H,11-12,15H2,1-2H3,(H,26,29)/b24-13-. The van der Waals surface area contributed by atoms with Crippen LogP contribution in [0.2, 0.25) is 0 Å². The first-order valence-electron chi connectivity index (χ1n) is 10.1. The summed E-state index contributed by atoms with van der Waals surface area (Å²) in [4.78, 5) is 12.1. The fraction of sp³-hybridized carbons (Fsp3) is 0.217. The molecule has 0 aliphatic carbocycles. The minimum absolute atomic E-state index is 0.186. The molecule has 32 heavy (non-hydrogen) atoms. The van der Waals surface area contributed by atoms with Crippen molar-refractivity contribution in [3.05, 3.63) is 70.9 Å². The lowest BCUT2D eigenvalue weighted by atomic mass is 10.2. The highest BCUT2D eigenvalue weighted by atomic mass is 32.2. The van der Waals surface area contributed by atoms with Crippen LogP contribution in [0, 0.1) is 13.8 Å². The smallest absolute Gasteiger partial charge is 0.250 e. The van der Waals surface area contributed by atoms with E-state index >= 15 is 0 Å². The number of hydrazone groups is 1. The van der Waals surface area contributed by atoms with Crippen molar-refractivity contribution in [3.63, 3.8) is 0 Å². The van der Waals surface area contributed by atoms with Crippen molar-refractivity contribution in [3.8, 4) is 5.75 Å². The third-order valence-corrected chi connectivity index (χ3v) is 6.70. The van der Waals surface area contributed by atoms with E-state index in [1.165, 1.54) is 23.1 Å². The first kappa shape index (κ1) is 22.0. The number of aromatic nitrogens is 3. The summed E-state index contributed by atoms with van der Waals surface area (Å²) in [6, 6.07) is 16.1. The Morgan fingerprint density at radius 3 is 2.81 bits per heavy atom. The van der Waals surface area contributed by atoms with E-state index in [0.29, 0.717) is 13.2 Å². The topological polar surface area (TPSA) is 81.4 Å². The Morgan fingerprint density at radius 2 is 2.00 bits per heavy atom. The molecule has 164 valence electrons. The molecule has 4 rings (SSSR count). The van der Waals surface area contributed by atoms with Crippen LogP contribution in [0.1, 0.15) is 16.1 Å². The van der Waals surface area contributed by atoms with Gasteiger partial charge in [0, 0.05) is 22.7 Å². The first-order chi connectivity index (χ1) is 15.6. The number of aryl methyl sites for hydroxylation is 2. The van der Waals surface area contributed by atoms with Gasteiger partial charge in [-0.25, -0.2) is 5.43 Å². The summed E-state index contributed by atoms with van der Waals surface area (Å²) < 4.78 is 8.87. The van der Waals surface area contributed by atoms with Gasteiger partial charge in [0.05, 0.1) is 18.5 Å². The number of benzene rings is 2. The van der Waals surface area contributed by atoms with Crippen molar-refractivity contribution in [1.82, 2.24) is 20.2 Å². The quantitative estimate of drug-likeness (QED) is 0.225. The van der Waals surface area contributed by atoms with Gasteiger partial charge in [0.2, 0.25) is 0 Å². The Morgan fingerprint density at radius 1 is 1.19 bits per heavy atom. The van der Waals surface area contributed by atoms with Crippen LogP contribution in [0.15, 0.2) is 64.2 Å². The zero-order chi connectivity index (χ0) is 22.3. The number of para-hydroxylation sites is 2. The number of rotatable bonds is 9. The van der Waals surface area contributed by atoms with Crippen LogP contribution in [0.5, 0.6) is 5.75 Å². The second-order valence-corrected chi connectivity index (χ2v) is 9.48. The highest BCUT2D eigenvalue weighted by Crippen LogP contribution is 2.22. The van der Waals surface area contributed by atoms with Crippen molar-refractivity contribution in [1.29, 1.82) is 0 Å². The fourth-order valence-corrected chi connectivity index (χ4v) is 4.81. The molecule has 0 aliphatic heterocycles. The monoisotopic (exact) mass is 465 g/mol. The number of thioether (sulfide) groups is 1. The molecule has 1 N–H and O–H groups in total. The Hall–Kier alpha value is -3.17. The number of hydrogen-bond donors (Lipinski definition) is 1. The molecule has 0 aliphatic rings. The van der Waals surface area contributed by atoms with Crippen LogP contribution in [0.4, 0.5) is 0 Å². The van der Waals surface area contributed by atoms with Crippen LogP contribution >= 0.6 is 23.1 Å². The molecule has 7 nitrogen and oxygen atoms in total.